The lowest BCUT2D eigenvalue weighted by Gasteiger charge is -2.29. The fourth-order valence-corrected chi connectivity index (χ4v) is 6.41. The normalized spacial score (nSPS) is 27.1. The molecule has 3 N–H and O–H groups in total. The summed E-state index contributed by atoms with van der Waals surface area (Å²) < 4.78 is 17.3. The Kier molecular flexibility index (Phi) is 8.89. The van der Waals surface area contributed by atoms with Crippen LogP contribution in [0.4, 0.5) is 4.79 Å². The van der Waals surface area contributed by atoms with Gasteiger partial charge in [0.1, 0.15) is 40.9 Å². The van der Waals surface area contributed by atoms with E-state index in [0.717, 1.165) is 19.3 Å². The molecule has 2 radical (unpaired) electrons. The fraction of sp³-hybridized carbons (Fsp3) is 0.469. The summed E-state index contributed by atoms with van der Waals surface area (Å²) in [6, 6.07) is 4.90. The summed E-state index contributed by atoms with van der Waals surface area (Å²) in [4.78, 5) is 62.5. The quantitative estimate of drug-likeness (QED) is 0.265. The number of nitrogens with one attached hydrogen (secondary N) is 2. The molecular weight excluding hydrogens is 607 g/mol. The fourth-order valence-electron chi connectivity index (χ4n) is 6.41. The maximum Gasteiger partial charge on any atom is 0.330 e. The minimum absolute atomic E-state index is 0.00770. The van der Waals surface area contributed by atoms with Gasteiger partial charge >= 0.3 is 5.97 Å². The number of rotatable bonds is 6. The summed E-state index contributed by atoms with van der Waals surface area (Å²) in [5.41, 5.74) is -0.578. The van der Waals surface area contributed by atoms with Crippen molar-refractivity contribution in [1.82, 2.24) is 30.7 Å². The van der Waals surface area contributed by atoms with Gasteiger partial charge in [0.15, 0.2) is 11.6 Å². The van der Waals surface area contributed by atoms with Crippen molar-refractivity contribution < 1.29 is 38.3 Å². The SMILES string of the molecule is [B]C(=O)N[C@H]1CCCCC/C=C\C2C[C@@]2(C(=O)O)NC(=O)[C@@H]2C[C@@H](Oc3cc(-c4nc(C)no4)nc4cc(OC)ccc34)CN2C1=O. The van der Waals surface area contributed by atoms with Crippen LogP contribution in [-0.4, -0.2) is 93.9 Å². The average molecular weight is 642 g/mol. The van der Waals surface area contributed by atoms with Crippen molar-refractivity contribution in [3.05, 3.63) is 42.2 Å². The molecule has 2 aliphatic heterocycles. The van der Waals surface area contributed by atoms with Gasteiger partial charge in [-0.2, -0.15) is 4.98 Å². The minimum Gasteiger partial charge on any atom is -0.497 e. The number of carbonyl (C=O) groups excluding carboxylic acids is 3. The Labute approximate surface area is 271 Å². The van der Waals surface area contributed by atoms with E-state index < -0.39 is 47.3 Å². The average Bonchev–Trinajstić information content (AvgIpc) is 3.32. The zero-order valence-corrected chi connectivity index (χ0v) is 26.1. The van der Waals surface area contributed by atoms with Crippen LogP contribution in [0.5, 0.6) is 11.5 Å². The van der Waals surface area contributed by atoms with E-state index in [4.69, 9.17) is 21.8 Å². The number of aliphatic carboxylic acids is 1. The Balaban J connectivity index is 1.34. The number of ether oxygens (including phenoxy) is 2. The molecule has 5 atom stereocenters. The molecule has 14 nitrogen and oxygen atoms in total. The van der Waals surface area contributed by atoms with E-state index in [1.54, 1.807) is 38.3 Å². The second-order valence-corrected chi connectivity index (χ2v) is 12.2. The molecule has 6 rings (SSSR count). The smallest absolute Gasteiger partial charge is 0.330 e. The molecular formula is C32H35BN6O8. The maximum atomic E-state index is 14.0. The molecule has 3 aromatic rings. The van der Waals surface area contributed by atoms with Crippen LogP contribution in [0, 0.1) is 12.8 Å². The topological polar surface area (TPSA) is 186 Å². The van der Waals surface area contributed by atoms with Crippen LogP contribution < -0.4 is 20.1 Å². The number of carboxylic acids is 1. The highest BCUT2D eigenvalue weighted by molar-refractivity contribution is 6.57. The molecule has 1 aromatic carbocycles. The second kappa shape index (κ2) is 13.0. The highest BCUT2D eigenvalue weighted by atomic mass is 16.5. The maximum absolute atomic E-state index is 14.0. The number of allylic oxidation sites excluding steroid dienone is 1. The van der Waals surface area contributed by atoms with Crippen LogP contribution in [0.15, 0.2) is 40.9 Å². The van der Waals surface area contributed by atoms with Crippen LogP contribution >= 0.6 is 0 Å². The van der Waals surface area contributed by atoms with Crippen LogP contribution in [0.25, 0.3) is 22.5 Å². The lowest BCUT2D eigenvalue weighted by molar-refractivity contribution is -0.145. The predicted octanol–water partition coefficient (Wildman–Crippen LogP) is 2.68. The third-order valence-electron chi connectivity index (χ3n) is 8.96. The van der Waals surface area contributed by atoms with E-state index in [1.165, 1.54) is 4.90 Å². The Morgan fingerprint density at radius 2 is 2.02 bits per heavy atom. The zero-order chi connectivity index (χ0) is 33.3. The van der Waals surface area contributed by atoms with E-state index >= 15 is 0 Å². The molecule has 2 fully saturated rings. The van der Waals surface area contributed by atoms with Crippen molar-refractivity contribution in [3.8, 4) is 23.1 Å². The van der Waals surface area contributed by atoms with Crippen LogP contribution in [0.2, 0.25) is 0 Å². The zero-order valence-electron chi connectivity index (χ0n) is 26.1. The molecule has 2 aromatic heterocycles. The first-order valence-corrected chi connectivity index (χ1v) is 15.6. The molecule has 1 aliphatic carbocycles. The van der Waals surface area contributed by atoms with Gasteiger partial charge in [-0.15, -0.1) is 0 Å². The van der Waals surface area contributed by atoms with Crippen molar-refractivity contribution in [2.75, 3.05) is 13.7 Å². The minimum atomic E-state index is -1.45. The Hall–Kier alpha value is -4.95. The van der Waals surface area contributed by atoms with E-state index in [1.807, 2.05) is 12.2 Å². The van der Waals surface area contributed by atoms with E-state index in [9.17, 15) is 24.3 Å². The van der Waals surface area contributed by atoms with Crippen LogP contribution in [0.3, 0.4) is 0 Å². The number of hydrogen-bond donors (Lipinski definition) is 3. The largest absolute Gasteiger partial charge is 0.497 e. The standard InChI is InChI=1S/C32H35BN6O8/c1-17-34-28(47-38-17)24-14-26(21-11-10-19(45-2)12-23(21)35-24)46-20-13-25-27(40)37-32(30(42)43)15-18(32)8-6-4-3-5-7-9-22(36-31(33)44)29(41)39(25)16-20/h6,8,10-12,14,18,20,22,25H,3-5,7,9,13,15-16H2,1-2H3,(H,36,44)(H,37,40)(H,42,43)/b8-6-/t18?,20-,22+,25+,32-/m1/s1. The van der Waals surface area contributed by atoms with Crippen molar-refractivity contribution in [2.24, 2.45) is 5.92 Å². The second-order valence-electron chi connectivity index (χ2n) is 12.2. The molecule has 1 unspecified atom stereocenters. The van der Waals surface area contributed by atoms with Gasteiger partial charge in [0, 0.05) is 29.9 Å². The molecule has 3 amide bonds. The Morgan fingerprint density at radius 1 is 1.19 bits per heavy atom. The van der Waals surface area contributed by atoms with Gasteiger partial charge in [0.05, 0.1) is 19.2 Å². The first kappa shape index (κ1) is 32.0. The number of carbonyl (C=O) groups is 4. The lowest BCUT2D eigenvalue weighted by atomic mass is 10.0. The first-order valence-electron chi connectivity index (χ1n) is 15.6. The van der Waals surface area contributed by atoms with Gasteiger partial charge in [-0.05, 0) is 44.7 Å². The molecule has 47 heavy (non-hydrogen) atoms. The van der Waals surface area contributed by atoms with Crippen molar-refractivity contribution >= 4 is 42.3 Å². The van der Waals surface area contributed by atoms with Crippen molar-refractivity contribution in [2.45, 2.75) is 75.6 Å². The molecule has 244 valence electrons. The van der Waals surface area contributed by atoms with Crippen LogP contribution in [-0.2, 0) is 14.4 Å². The van der Waals surface area contributed by atoms with E-state index in [2.05, 4.69) is 25.8 Å². The monoisotopic (exact) mass is 642 g/mol. The van der Waals surface area contributed by atoms with Crippen molar-refractivity contribution in [1.29, 1.82) is 0 Å². The van der Waals surface area contributed by atoms with E-state index in [0.29, 0.717) is 46.8 Å². The number of methoxy groups -OCH3 is 1. The van der Waals surface area contributed by atoms with Gasteiger partial charge in [-0.25, -0.2) is 9.78 Å². The molecule has 0 bridgehead atoms. The van der Waals surface area contributed by atoms with E-state index in [-0.39, 0.29) is 31.2 Å². The number of hydrogen-bond acceptors (Lipinski definition) is 10. The van der Waals surface area contributed by atoms with Gasteiger partial charge in [-0.1, -0.05) is 30.2 Å². The number of pyridine rings is 1. The Morgan fingerprint density at radius 3 is 2.74 bits per heavy atom. The van der Waals surface area contributed by atoms with Crippen molar-refractivity contribution in [3.63, 3.8) is 0 Å². The molecule has 3 aliphatic rings. The highest BCUT2D eigenvalue weighted by Gasteiger charge is 2.61. The Bertz CT molecular complexity index is 1750. The van der Waals surface area contributed by atoms with Gasteiger partial charge in [0.2, 0.25) is 19.7 Å². The third-order valence-corrected chi connectivity index (χ3v) is 8.96. The summed E-state index contributed by atoms with van der Waals surface area (Å²) >= 11 is 0. The summed E-state index contributed by atoms with van der Waals surface area (Å²) in [5, 5.41) is 19.9. The predicted molar refractivity (Wildman–Crippen MR) is 168 cm³/mol. The number of fused-ring (bicyclic) bond motifs is 3. The molecule has 1 saturated carbocycles. The molecule has 15 heteroatoms. The number of aromatic nitrogens is 3. The van der Waals surface area contributed by atoms with Gasteiger partial charge in [-0.3, -0.25) is 14.4 Å². The number of amides is 3. The lowest BCUT2D eigenvalue weighted by Crippen LogP contribution is -2.56. The number of nitrogens with zero attached hydrogens (tertiary/aromatic N) is 4. The number of carboxylic acid groups (broad SMARTS) is 1. The molecule has 1 saturated heterocycles. The molecule has 4 heterocycles. The van der Waals surface area contributed by atoms with Gasteiger partial charge < -0.3 is 34.6 Å². The number of aryl methyl sites for hydroxylation is 1. The summed E-state index contributed by atoms with van der Waals surface area (Å²) in [6.45, 7) is 1.68. The summed E-state index contributed by atoms with van der Waals surface area (Å²) in [7, 11) is 6.98. The highest BCUT2D eigenvalue weighted by Crippen LogP contribution is 2.45. The first-order chi connectivity index (χ1) is 22.6. The summed E-state index contributed by atoms with van der Waals surface area (Å²) in [5.74, 6) is -1.89. The summed E-state index contributed by atoms with van der Waals surface area (Å²) in [6.07, 6.45) is 6.73. The molecule has 0 spiro atoms. The van der Waals surface area contributed by atoms with Gasteiger partial charge in [0.25, 0.3) is 5.89 Å². The number of benzene rings is 1. The van der Waals surface area contributed by atoms with Crippen LogP contribution in [0.1, 0.15) is 50.8 Å². The third kappa shape index (κ3) is 6.65.